The van der Waals surface area contributed by atoms with Crippen LogP contribution in [-0.2, 0) is 16.4 Å². The second-order valence-electron chi connectivity index (χ2n) is 7.73. The number of rotatable bonds is 8. The highest BCUT2D eigenvalue weighted by Crippen LogP contribution is 2.32. The lowest BCUT2D eigenvalue weighted by Gasteiger charge is -2.22. The van der Waals surface area contributed by atoms with Gasteiger partial charge in [0.25, 0.3) is 5.91 Å². The summed E-state index contributed by atoms with van der Waals surface area (Å²) in [5.41, 5.74) is 3.70. The average Bonchev–Trinajstić information content (AvgIpc) is 3.15. The van der Waals surface area contributed by atoms with Crippen molar-refractivity contribution < 1.29 is 13.2 Å². The molecule has 0 spiro atoms. The van der Waals surface area contributed by atoms with Crippen LogP contribution in [0.1, 0.15) is 26.5 Å². The molecule has 0 fully saturated rings. The van der Waals surface area contributed by atoms with Gasteiger partial charge in [0.1, 0.15) is 5.69 Å². The molecule has 0 atom stereocenters. The summed E-state index contributed by atoms with van der Waals surface area (Å²) in [6.45, 7) is 2.31. The third-order valence-electron chi connectivity index (χ3n) is 4.89. The molecule has 0 bridgehead atoms. The van der Waals surface area contributed by atoms with Gasteiger partial charge in [-0.15, -0.1) is 11.3 Å². The van der Waals surface area contributed by atoms with Gasteiger partial charge in [-0.05, 0) is 55.3 Å². The normalized spacial score (nSPS) is 11.0. The number of hydrogen-bond donors (Lipinski definition) is 1. The standard InChI is InChI=1S/C23H25N5O3S2/c1-16-21(22(29)26-33(4,30)31)25-23(32-16)28(20-11-7-18(15-24)8-12-20)14-13-17-5-9-19(10-6-17)27(2)3/h5-12H,13-14H2,1-4H3,(H,26,29). The van der Waals surface area contributed by atoms with E-state index in [1.54, 1.807) is 19.1 Å². The number of hydrogen-bond acceptors (Lipinski definition) is 8. The molecule has 1 aromatic heterocycles. The summed E-state index contributed by atoms with van der Waals surface area (Å²) in [7, 11) is 0.282. The molecular weight excluding hydrogens is 458 g/mol. The number of nitriles is 1. The number of carbonyl (C=O) groups is 1. The lowest BCUT2D eigenvalue weighted by molar-refractivity contribution is 0.0977. The molecule has 0 aliphatic rings. The molecule has 3 aromatic rings. The molecule has 10 heteroatoms. The molecule has 2 aromatic carbocycles. The van der Waals surface area contributed by atoms with Gasteiger partial charge >= 0.3 is 0 Å². The van der Waals surface area contributed by atoms with E-state index in [1.807, 2.05) is 40.7 Å². The Morgan fingerprint density at radius 3 is 2.24 bits per heavy atom. The maximum Gasteiger partial charge on any atom is 0.284 e. The van der Waals surface area contributed by atoms with Gasteiger partial charge in [0.2, 0.25) is 10.0 Å². The Labute approximate surface area is 198 Å². The Morgan fingerprint density at radius 2 is 1.70 bits per heavy atom. The van der Waals surface area contributed by atoms with Gasteiger partial charge in [-0.1, -0.05) is 12.1 Å². The minimum Gasteiger partial charge on any atom is -0.378 e. The van der Waals surface area contributed by atoms with Crippen LogP contribution < -0.4 is 14.5 Å². The summed E-state index contributed by atoms with van der Waals surface area (Å²) in [5.74, 6) is -0.753. The topological polar surface area (TPSA) is 106 Å². The molecule has 172 valence electrons. The minimum atomic E-state index is -3.70. The molecule has 0 aliphatic heterocycles. The fourth-order valence-corrected chi connectivity index (χ4v) is 4.56. The van der Waals surface area contributed by atoms with E-state index in [2.05, 4.69) is 35.3 Å². The Bertz CT molecular complexity index is 1280. The highest BCUT2D eigenvalue weighted by molar-refractivity contribution is 7.89. The van der Waals surface area contributed by atoms with Crippen LogP contribution in [0.15, 0.2) is 48.5 Å². The first-order chi connectivity index (χ1) is 15.6. The first-order valence-corrected chi connectivity index (χ1v) is 12.8. The van der Waals surface area contributed by atoms with Gasteiger partial charge in [-0.25, -0.2) is 18.1 Å². The maximum absolute atomic E-state index is 12.4. The van der Waals surface area contributed by atoms with Crippen LogP contribution in [0, 0.1) is 18.3 Å². The number of nitrogens with one attached hydrogen (secondary N) is 1. The molecule has 0 saturated carbocycles. The molecule has 33 heavy (non-hydrogen) atoms. The number of benzene rings is 2. The Balaban J connectivity index is 1.91. The van der Waals surface area contributed by atoms with Crippen LogP contribution in [0.3, 0.4) is 0 Å². The van der Waals surface area contributed by atoms with Gasteiger partial charge in [-0.2, -0.15) is 5.26 Å². The van der Waals surface area contributed by atoms with Crippen molar-refractivity contribution in [3.63, 3.8) is 0 Å². The summed E-state index contributed by atoms with van der Waals surface area (Å²) in [6, 6.07) is 17.5. The number of nitrogens with zero attached hydrogens (tertiary/aromatic N) is 4. The van der Waals surface area contributed by atoms with Crippen molar-refractivity contribution in [1.82, 2.24) is 9.71 Å². The van der Waals surface area contributed by atoms with Gasteiger partial charge in [-0.3, -0.25) is 4.79 Å². The third-order valence-corrected chi connectivity index (χ3v) is 6.44. The van der Waals surface area contributed by atoms with Crippen molar-refractivity contribution in [2.45, 2.75) is 13.3 Å². The van der Waals surface area contributed by atoms with Crippen LogP contribution >= 0.6 is 11.3 Å². The number of anilines is 3. The van der Waals surface area contributed by atoms with Crippen molar-refractivity contribution in [2.24, 2.45) is 0 Å². The van der Waals surface area contributed by atoms with Crippen molar-refractivity contribution in [1.29, 1.82) is 5.26 Å². The maximum atomic E-state index is 12.4. The van der Waals surface area contributed by atoms with E-state index in [4.69, 9.17) is 5.26 Å². The molecule has 0 radical (unpaired) electrons. The average molecular weight is 484 g/mol. The van der Waals surface area contributed by atoms with E-state index in [9.17, 15) is 13.2 Å². The van der Waals surface area contributed by atoms with E-state index in [1.165, 1.54) is 11.3 Å². The summed E-state index contributed by atoms with van der Waals surface area (Å²) < 4.78 is 24.9. The first-order valence-electron chi connectivity index (χ1n) is 10.1. The SMILES string of the molecule is Cc1sc(N(CCc2ccc(N(C)C)cc2)c2ccc(C#N)cc2)nc1C(=O)NS(C)(=O)=O. The van der Waals surface area contributed by atoms with E-state index >= 15 is 0 Å². The molecule has 1 amide bonds. The molecule has 0 aliphatic carbocycles. The van der Waals surface area contributed by atoms with E-state index in [0.29, 0.717) is 22.1 Å². The highest BCUT2D eigenvalue weighted by atomic mass is 32.2. The largest absolute Gasteiger partial charge is 0.378 e. The van der Waals surface area contributed by atoms with E-state index in [-0.39, 0.29) is 5.69 Å². The van der Waals surface area contributed by atoms with E-state index in [0.717, 1.165) is 29.6 Å². The third kappa shape index (κ3) is 6.31. The Kier molecular flexibility index (Phi) is 7.36. The molecule has 3 rings (SSSR count). The molecule has 1 N–H and O–H groups in total. The van der Waals surface area contributed by atoms with Crippen LogP contribution in [0.25, 0.3) is 0 Å². The van der Waals surface area contributed by atoms with Crippen molar-refractivity contribution in [3.8, 4) is 6.07 Å². The zero-order chi connectivity index (χ0) is 24.2. The molecule has 0 unspecified atom stereocenters. The zero-order valence-electron chi connectivity index (χ0n) is 18.9. The second-order valence-corrected chi connectivity index (χ2v) is 10.7. The van der Waals surface area contributed by atoms with Crippen LogP contribution in [0.4, 0.5) is 16.5 Å². The van der Waals surface area contributed by atoms with Gasteiger partial charge in [0, 0.05) is 36.9 Å². The predicted molar refractivity (Wildman–Crippen MR) is 132 cm³/mol. The van der Waals surface area contributed by atoms with Crippen LogP contribution in [0.2, 0.25) is 0 Å². The minimum absolute atomic E-state index is 0.0782. The van der Waals surface area contributed by atoms with Crippen molar-refractivity contribution >= 4 is 43.8 Å². The van der Waals surface area contributed by atoms with Gasteiger partial charge < -0.3 is 9.80 Å². The quantitative estimate of drug-likeness (QED) is 0.523. The predicted octanol–water partition coefficient (Wildman–Crippen LogP) is 3.46. The molecule has 0 saturated heterocycles. The number of sulfonamides is 1. The summed E-state index contributed by atoms with van der Waals surface area (Å²) >= 11 is 1.31. The lowest BCUT2D eigenvalue weighted by Crippen LogP contribution is -2.30. The highest BCUT2D eigenvalue weighted by Gasteiger charge is 2.22. The number of amides is 1. The number of carbonyl (C=O) groups excluding carboxylic acids is 1. The summed E-state index contributed by atoms with van der Waals surface area (Å²) in [5, 5.41) is 9.69. The monoisotopic (exact) mass is 483 g/mol. The van der Waals surface area contributed by atoms with Crippen LogP contribution in [-0.4, -0.2) is 46.2 Å². The van der Waals surface area contributed by atoms with Crippen LogP contribution in [0.5, 0.6) is 0 Å². The molecule has 1 heterocycles. The van der Waals surface area contributed by atoms with Crippen molar-refractivity contribution in [2.75, 3.05) is 36.7 Å². The van der Waals surface area contributed by atoms with E-state index < -0.39 is 15.9 Å². The summed E-state index contributed by atoms with van der Waals surface area (Å²) in [6.07, 6.45) is 1.65. The lowest BCUT2D eigenvalue weighted by atomic mass is 10.1. The molecule has 8 nitrogen and oxygen atoms in total. The number of thiazole rings is 1. The number of aromatic nitrogens is 1. The van der Waals surface area contributed by atoms with Gasteiger partial charge in [0.15, 0.2) is 5.13 Å². The first kappa shape index (κ1) is 24.2. The summed E-state index contributed by atoms with van der Waals surface area (Å²) in [4.78, 5) is 21.5. The smallest absolute Gasteiger partial charge is 0.284 e. The second kappa shape index (κ2) is 10.0. The fraction of sp³-hybridized carbons (Fsp3) is 0.261. The Hall–Kier alpha value is -3.42. The Morgan fingerprint density at radius 1 is 1.09 bits per heavy atom. The molecular formula is C23H25N5O3S2. The fourth-order valence-electron chi connectivity index (χ4n) is 3.18. The number of aryl methyl sites for hydroxylation is 1. The zero-order valence-corrected chi connectivity index (χ0v) is 20.5. The van der Waals surface area contributed by atoms with Gasteiger partial charge in [0.05, 0.1) is 17.9 Å². The van der Waals surface area contributed by atoms with Crippen molar-refractivity contribution in [3.05, 3.63) is 70.2 Å².